The van der Waals surface area contributed by atoms with E-state index in [2.05, 4.69) is 0 Å². The van der Waals surface area contributed by atoms with Gasteiger partial charge in [-0.3, -0.25) is 5.41 Å². The number of rotatable bonds is 5. The third-order valence-electron chi connectivity index (χ3n) is 3.67. The molecule has 3 N–H and O–H groups in total. The highest BCUT2D eigenvalue weighted by molar-refractivity contribution is 5.95. The zero-order valence-corrected chi connectivity index (χ0v) is 11.4. The molecule has 0 spiro atoms. The molecule has 0 radical (unpaired) electrons. The van der Waals surface area contributed by atoms with Gasteiger partial charge in [0.2, 0.25) is 0 Å². The maximum atomic E-state index is 7.42. The summed E-state index contributed by atoms with van der Waals surface area (Å²) in [4.78, 5) is 0. The van der Waals surface area contributed by atoms with Crippen LogP contribution in [0.4, 0.5) is 0 Å². The normalized spacial score (nSPS) is 16.1. The molecule has 1 saturated carbocycles. The van der Waals surface area contributed by atoms with Crippen LogP contribution in [0.5, 0.6) is 11.5 Å². The van der Waals surface area contributed by atoms with Crippen LogP contribution >= 0.6 is 0 Å². The molecule has 2 rings (SSSR count). The first kappa shape index (κ1) is 13.7. The summed E-state index contributed by atoms with van der Waals surface area (Å²) in [6.07, 6.45) is 6.50. The molecular formula is C15H22N2O2. The summed E-state index contributed by atoms with van der Waals surface area (Å²) in [5.74, 6) is 2.07. The lowest BCUT2D eigenvalue weighted by molar-refractivity contribution is 0.202. The van der Waals surface area contributed by atoms with Gasteiger partial charge in [-0.2, -0.15) is 0 Å². The molecular weight excluding hydrogens is 240 g/mol. The summed E-state index contributed by atoms with van der Waals surface area (Å²) < 4.78 is 11.2. The van der Waals surface area contributed by atoms with Crippen molar-refractivity contribution in [2.75, 3.05) is 13.7 Å². The van der Waals surface area contributed by atoms with Crippen molar-refractivity contribution in [1.29, 1.82) is 5.41 Å². The molecule has 1 aliphatic carbocycles. The van der Waals surface area contributed by atoms with Gasteiger partial charge in [-0.15, -0.1) is 0 Å². The second kappa shape index (κ2) is 6.45. The average Bonchev–Trinajstić information content (AvgIpc) is 2.45. The highest BCUT2D eigenvalue weighted by Crippen LogP contribution is 2.30. The van der Waals surface area contributed by atoms with Gasteiger partial charge >= 0.3 is 0 Å². The molecule has 1 aromatic rings. The first-order valence-electron chi connectivity index (χ1n) is 6.86. The van der Waals surface area contributed by atoms with E-state index >= 15 is 0 Å². The van der Waals surface area contributed by atoms with Gasteiger partial charge in [-0.05, 0) is 37.0 Å². The van der Waals surface area contributed by atoms with Crippen LogP contribution < -0.4 is 15.2 Å². The predicted molar refractivity (Wildman–Crippen MR) is 76.1 cm³/mol. The largest absolute Gasteiger partial charge is 0.493 e. The van der Waals surface area contributed by atoms with Gasteiger partial charge in [0.25, 0.3) is 0 Å². The Hall–Kier alpha value is -1.71. The van der Waals surface area contributed by atoms with Crippen LogP contribution in [0.1, 0.15) is 37.7 Å². The van der Waals surface area contributed by atoms with Gasteiger partial charge in [0.05, 0.1) is 13.7 Å². The Bertz CT molecular complexity index is 440. The van der Waals surface area contributed by atoms with Crippen LogP contribution in [0.2, 0.25) is 0 Å². The molecule has 0 saturated heterocycles. The van der Waals surface area contributed by atoms with Crippen LogP contribution in [0.15, 0.2) is 18.2 Å². The SMILES string of the molecule is COc1cc(C(=N)N)ccc1OCC1CCCCC1. The third-order valence-corrected chi connectivity index (χ3v) is 3.67. The molecule has 0 aliphatic heterocycles. The number of nitrogen functional groups attached to an aromatic ring is 1. The minimum absolute atomic E-state index is 0.0390. The van der Waals surface area contributed by atoms with Crippen molar-refractivity contribution in [3.8, 4) is 11.5 Å². The molecule has 104 valence electrons. The van der Waals surface area contributed by atoms with Crippen molar-refractivity contribution >= 4 is 5.84 Å². The second-order valence-electron chi connectivity index (χ2n) is 5.09. The molecule has 19 heavy (non-hydrogen) atoms. The third kappa shape index (κ3) is 3.63. The van der Waals surface area contributed by atoms with E-state index in [0.29, 0.717) is 17.2 Å². The van der Waals surface area contributed by atoms with Crippen molar-refractivity contribution in [3.63, 3.8) is 0 Å². The van der Waals surface area contributed by atoms with E-state index in [0.717, 1.165) is 12.4 Å². The fourth-order valence-corrected chi connectivity index (χ4v) is 2.52. The highest BCUT2D eigenvalue weighted by atomic mass is 16.5. The van der Waals surface area contributed by atoms with Gasteiger partial charge in [0.1, 0.15) is 5.84 Å². The molecule has 4 heteroatoms. The van der Waals surface area contributed by atoms with E-state index in [4.69, 9.17) is 20.6 Å². The minimum Gasteiger partial charge on any atom is -0.493 e. The van der Waals surface area contributed by atoms with E-state index in [1.54, 1.807) is 19.2 Å². The monoisotopic (exact) mass is 262 g/mol. The first-order valence-corrected chi connectivity index (χ1v) is 6.86. The Morgan fingerprint density at radius 3 is 2.63 bits per heavy atom. The summed E-state index contributed by atoms with van der Waals surface area (Å²) in [5.41, 5.74) is 6.12. The minimum atomic E-state index is 0.0390. The Kier molecular flexibility index (Phi) is 4.66. The van der Waals surface area contributed by atoms with Crippen molar-refractivity contribution in [2.24, 2.45) is 11.7 Å². The lowest BCUT2D eigenvalue weighted by atomic mass is 9.90. The first-order chi connectivity index (χ1) is 9.20. The molecule has 0 aromatic heterocycles. The molecule has 0 amide bonds. The van der Waals surface area contributed by atoms with Crippen LogP contribution in [0.3, 0.4) is 0 Å². The van der Waals surface area contributed by atoms with Crippen LogP contribution in [0.25, 0.3) is 0 Å². The second-order valence-corrected chi connectivity index (χ2v) is 5.09. The van der Waals surface area contributed by atoms with Crippen molar-refractivity contribution < 1.29 is 9.47 Å². The van der Waals surface area contributed by atoms with E-state index in [1.165, 1.54) is 32.1 Å². The van der Waals surface area contributed by atoms with E-state index in [-0.39, 0.29) is 5.84 Å². The molecule has 1 fully saturated rings. The Labute approximate surface area is 114 Å². The molecule has 1 aliphatic rings. The predicted octanol–water partition coefficient (Wildman–Crippen LogP) is 2.94. The number of nitrogens with one attached hydrogen (secondary N) is 1. The molecule has 1 aromatic carbocycles. The van der Waals surface area contributed by atoms with E-state index < -0.39 is 0 Å². The summed E-state index contributed by atoms with van der Waals surface area (Å²) in [5, 5.41) is 7.42. The number of benzene rings is 1. The van der Waals surface area contributed by atoms with Crippen molar-refractivity contribution in [3.05, 3.63) is 23.8 Å². The Morgan fingerprint density at radius 2 is 2.00 bits per heavy atom. The average molecular weight is 262 g/mol. The molecule has 4 nitrogen and oxygen atoms in total. The number of ether oxygens (including phenoxy) is 2. The number of hydrogen-bond donors (Lipinski definition) is 2. The number of methoxy groups -OCH3 is 1. The van der Waals surface area contributed by atoms with Crippen molar-refractivity contribution in [1.82, 2.24) is 0 Å². The van der Waals surface area contributed by atoms with Crippen LogP contribution in [-0.2, 0) is 0 Å². The molecule has 0 atom stereocenters. The van der Waals surface area contributed by atoms with E-state index in [9.17, 15) is 0 Å². The topological polar surface area (TPSA) is 68.3 Å². The molecule has 0 bridgehead atoms. The van der Waals surface area contributed by atoms with E-state index in [1.807, 2.05) is 6.07 Å². The summed E-state index contributed by atoms with van der Waals surface area (Å²) in [7, 11) is 1.60. The lowest BCUT2D eigenvalue weighted by Gasteiger charge is -2.22. The fraction of sp³-hybridized carbons (Fsp3) is 0.533. The van der Waals surface area contributed by atoms with Gasteiger partial charge in [0, 0.05) is 5.56 Å². The molecule has 0 heterocycles. The maximum absolute atomic E-state index is 7.42. The van der Waals surface area contributed by atoms with Crippen molar-refractivity contribution in [2.45, 2.75) is 32.1 Å². The Morgan fingerprint density at radius 1 is 1.26 bits per heavy atom. The zero-order chi connectivity index (χ0) is 13.7. The summed E-state index contributed by atoms with van der Waals surface area (Å²) >= 11 is 0. The lowest BCUT2D eigenvalue weighted by Crippen LogP contribution is -2.16. The van der Waals surface area contributed by atoms with Gasteiger partial charge < -0.3 is 15.2 Å². The van der Waals surface area contributed by atoms with Gasteiger partial charge in [0.15, 0.2) is 11.5 Å². The smallest absolute Gasteiger partial charge is 0.161 e. The zero-order valence-electron chi connectivity index (χ0n) is 11.4. The highest BCUT2D eigenvalue weighted by Gasteiger charge is 2.15. The Balaban J connectivity index is 2.00. The number of hydrogen-bond acceptors (Lipinski definition) is 3. The standard InChI is InChI=1S/C15H22N2O2/c1-18-14-9-12(15(16)17)7-8-13(14)19-10-11-5-3-2-4-6-11/h7-9,11H,2-6,10H2,1H3,(H3,16,17). The quantitative estimate of drug-likeness (QED) is 0.633. The maximum Gasteiger partial charge on any atom is 0.161 e. The van der Waals surface area contributed by atoms with Crippen LogP contribution in [0, 0.1) is 11.3 Å². The molecule has 0 unspecified atom stereocenters. The van der Waals surface area contributed by atoms with Gasteiger partial charge in [-0.25, -0.2) is 0 Å². The number of amidine groups is 1. The fourth-order valence-electron chi connectivity index (χ4n) is 2.52. The van der Waals surface area contributed by atoms with Crippen LogP contribution in [-0.4, -0.2) is 19.6 Å². The van der Waals surface area contributed by atoms with Gasteiger partial charge in [-0.1, -0.05) is 19.3 Å². The number of nitrogens with two attached hydrogens (primary N) is 1. The summed E-state index contributed by atoms with van der Waals surface area (Å²) in [6.45, 7) is 0.746. The summed E-state index contributed by atoms with van der Waals surface area (Å²) in [6, 6.07) is 5.37.